The zero-order valence-electron chi connectivity index (χ0n) is 15.2. The van der Waals surface area contributed by atoms with Gasteiger partial charge >= 0.3 is 0 Å². The predicted octanol–water partition coefficient (Wildman–Crippen LogP) is 2.61. The zero-order valence-corrected chi connectivity index (χ0v) is 15.2. The van der Waals surface area contributed by atoms with Crippen molar-refractivity contribution in [3.63, 3.8) is 0 Å². The number of nitrogens with zero attached hydrogens (tertiary/aromatic N) is 1. The van der Waals surface area contributed by atoms with E-state index in [1.807, 2.05) is 0 Å². The lowest BCUT2D eigenvalue weighted by Crippen LogP contribution is -2.38. The first-order valence-electron chi connectivity index (χ1n) is 9.80. The Hall–Kier alpha value is -1.39. The molecule has 3 aliphatic rings. The lowest BCUT2D eigenvalue weighted by atomic mass is 9.81. The summed E-state index contributed by atoms with van der Waals surface area (Å²) in [5, 5.41) is 3.12. The molecule has 3 atom stereocenters. The van der Waals surface area contributed by atoms with E-state index in [2.05, 4.69) is 41.4 Å². The molecule has 1 aromatic rings. The number of ether oxygens (including phenoxy) is 1. The zero-order chi connectivity index (χ0) is 17.2. The van der Waals surface area contributed by atoms with Gasteiger partial charge in [-0.05, 0) is 54.6 Å². The van der Waals surface area contributed by atoms with E-state index in [0.29, 0.717) is 24.2 Å². The summed E-state index contributed by atoms with van der Waals surface area (Å²) in [6.45, 7) is 7.88. The fourth-order valence-electron chi connectivity index (χ4n) is 4.45. The van der Waals surface area contributed by atoms with E-state index < -0.39 is 0 Å². The minimum Gasteiger partial charge on any atom is -0.381 e. The molecule has 1 N–H and O–H groups in total. The van der Waals surface area contributed by atoms with Gasteiger partial charge in [-0.1, -0.05) is 24.3 Å². The number of rotatable bonds is 6. The number of carbonyl (C=O) groups is 1. The highest BCUT2D eigenvalue weighted by molar-refractivity contribution is 5.76. The van der Waals surface area contributed by atoms with Crippen molar-refractivity contribution in [3.05, 3.63) is 35.4 Å². The van der Waals surface area contributed by atoms with Crippen LogP contribution in [0.4, 0.5) is 0 Å². The first-order chi connectivity index (χ1) is 12.2. The maximum atomic E-state index is 12.3. The second-order valence-corrected chi connectivity index (χ2v) is 8.29. The van der Waals surface area contributed by atoms with Crippen molar-refractivity contribution in [2.45, 2.75) is 32.7 Å². The fourth-order valence-corrected chi connectivity index (χ4v) is 4.45. The third-order valence-electron chi connectivity index (χ3n) is 6.22. The lowest BCUT2D eigenvalue weighted by molar-refractivity contribution is -0.124. The first kappa shape index (κ1) is 17.0. The molecule has 1 aromatic carbocycles. The van der Waals surface area contributed by atoms with Crippen molar-refractivity contribution in [3.8, 4) is 0 Å². The molecule has 4 heteroatoms. The Kier molecular flexibility index (Phi) is 5.09. The maximum absolute atomic E-state index is 12.3. The number of hydrogen-bond donors (Lipinski definition) is 1. The summed E-state index contributed by atoms with van der Waals surface area (Å²) in [7, 11) is 0. The number of hydrogen-bond acceptors (Lipinski definition) is 3. The average Bonchev–Trinajstić information content (AvgIpc) is 3.34. The third-order valence-corrected chi connectivity index (χ3v) is 6.22. The number of likely N-dealkylation sites (tertiary alicyclic amines) is 1. The third kappa shape index (κ3) is 4.24. The summed E-state index contributed by atoms with van der Waals surface area (Å²) in [4.78, 5) is 14.8. The maximum Gasteiger partial charge on any atom is 0.220 e. The Balaban J connectivity index is 1.33. The minimum absolute atomic E-state index is 0.221. The van der Waals surface area contributed by atoms with Crippen LogP contribution < -0.4 is 5.32 Å². The van der Waals surface area contributed by atoms with Crippen LogP contribution in [0.3, 0.4) is 0 Å². The number of amides is 1. The van der Waals surface area contributed by atoms with Crippen LogP contribution in [-0.4, -0.2) is 43.7 Å². The van der Waals surface area contributed by atoms with Crippen LogP contribution in [0.1, 0.15) is 30.4 Å². The molecule has 2 saturated heterocycles. The molecule has 0 spiro atoms. The van der Waals surface area contributed by atoms with E-state index in [0.717, 1.165) is 45.3 Å². The fraction of sp³-hybridized carbons (Fsp3) is 0.667. The second-order valence-electron chi connectivity index (χ2n) is 8.29. The van der Waals surface area contributed by atoms with Crippen LogP contribution in [0.25, 0.3) is 0 Å². The molecule has 2 heterocycles. The topological polar surface area (TPSA) is 41.6 Å². The van der Waals surface area contributed by atoms with Crippen LogP contribution >= 0.6 is 0 Å². The van der Waals surface area contributed by atoms with E-state index in [9.17, 15) is 4.79 Å². The van der Waals surface area contributed by atoms with Crippen molar-refractivity contribution in [2.75, 3.05) is 32.8 Å². The summed E-state index contributed by atoms with van der Waals surface area (Å²) >= 11 is 0. The van der Waals surface area contributed by atoms with Crippen molar-refractivity contribution < 1.29 is 9.53 Å². The van der Waals surface area contributed by atoms with E-state index in [1.165, 1.54) is 24.0 Å². The molecule has 0 aromatic heterocycles. The van der Waals surface area contributed by atoms with Gasteiger partial charge in [0.05, 0.1) is 13.2 Å². The predicted molar refractivity (Wildman–Crippen MR) is 98.1 cm³/mol. The number of fused-ring (bicyclic) bond motifs is 1. The van der Waals surface area contributed by atoms with Gasteiger partial charge in [0.2, 0.25) is 5.91 Å². The summed E-state index contributed by atoms with van der Waals surface area (Å²) < 4.78 is 5.85. The normalized spacial score (nSPS) is 29.4. The van der Waals surface area contributed by atoms with Gasteiger partial charge in [0.1, 0.15) is 0 Å². The summed E-state index contributed by atoms with van der Waals surface area (Å²) in [5.41, 5.74) is 2.78. The Morgan fingerprint density at radius 1 is 1.24 bits per heavy atom. The highest BCUT2D eigenvalue weighted by Gasteiger charge is 2.41. The molecule has 3 fully saturated rings. The van der Waals surface area contributed by atoms with Crippen LogP contribution in [0, 0.1) is 30.6 Å². The molecule has 4 nitrogen and oxygen atoms in total. The lowest BCUT2D eigenvalue weighted by Gasteiger charge is -2.32. The molecular weight excluding hydrogens is 312 g/mol. The molecule has 1 saturated carbocycles. The second kappa shape index (κ2) is 7.46. The number of benzene rings is 1. The van der Waals surface area contributed by atoms with E-state index in [-0.39, 0.29) is 5.91 Å². The van der Waals surface area contributed by atoms with Gasteiger partial charge in [-0.15, -0.1) is 0 Å². The Morgan fingerprint density at radius 2 is 2.08 bits per heavy atom. The van der Waals surface area contributed by atoms with Crippen molar-refractivity contribution >= 4 is 5.91 Å². The monoisotopic (exact) mass is 342 g/mol. The van der Waals surface area contributed by atoms with Crippen molar-refractivity contribution in [1.29, 1.82) is 0 Å². The molecule has 136 valence electrons. The Labute approximate surface area is 150 Å². The standard InChI is InChI=1S/C21H30N2O2/c1-15-4-2-3-5-17(15)10-23-11-19-14-25-13-18(20(19)12-23)8-21(24)22-9-16-6-7-16/h2-5,16,18-20H,6-14H2,1H3,(H,22,24)/t18-,19-,20+/m1/s1. The Morgan fingerprint density at radius 3 is 2.88 bits per heavy atom. The van der Waals surface area contributed by atoms with Gasteiger partial charge in [0, 0.05) is 32.6 Å². The molecule has 0 bridgehead atoms. The summed E-state index contributed by atoms with van der Waals surface area (Å²) in [5.74, 6) is 2.53. The molecule has 1 aliphatic carbocycles. The summed E-state index contributed by atoms with van der Waals surface area (Å²) in [6, 6.07) is 8.65. The molecular formula is C21H30N2O2. The highest BCUT2D eigenvalue weighted by Crippen LogP contribution is 2.36. The van der Waals surface area contributed by atoms with Crippen LogP contribution in [-0.2, 0) is 16.1 Å². The van der Waals surface area contributed by atoms with Gasteiger partial charge in [-0.2, -0.15) is 0 Å². The van der Waals surface area contributed by atoms with Crippen molar-refractivity contribution in [2.24, 2.45) is 23.7 Å². The number of carbonyl (C=O) groups excluding carboxylic acids is 1. The SMILES string of the molecule is Cc1ccccc1CN1C[C@@H]2COC[C@@H](CC(=O)NCC3CC3)[C@@H]2C1. The van der Waals surface area contributed by atoms with Crippen LogP contribution in [0.5, 0.6) is 0 Å². The largest absolute Gasteiger partial charge is 0.381 e. The molecule has 1 amide bonds. The molecule has 25 heavy (non-hydrogen) atoms. The van der Waals surface area contributed by atoms with E-state index in [1.54, 1.807) is 0 Å². The van der Waals surface area contributed by atoms with Gasteiger partial charge in [0.25, 0.3) is 0 Å². The average molecular weight is 342 g/mol. The van der Waals surface area contributed by atoms with Crippen LogP contribution in [0.15, 0.2) is 24.3 Å². The molecule has 4 rings (SSSR count). The van der Waals surface area contributed by atoms with Gasteiger partial charge in [-0.3, -0.25) is 9.69 Å². The Bertz CT molecular complexity index is 614. The highest BCUT2D eigenvalue weighted by atomic mass is 16.5. The van der Waals surface area contributed by atoms with Crippen LogP contribution in [0.2, 0.25) is 0 Å². The van der Waals surface area contributed by atoms with Gasteiger partial charge in [-0.25, -0.2) is 0 Å². The quantitative estimate of drug-likeness (QED) is 0.864. The number of nitrogens with one attached hydrogen (secondary N) is 1. The van der Waals surface area contributed by atoms with Gasteiger partial charge in [0.15, 0.2) is 0 Å². The molecule has 0 radical (unpaired) electrons. The molecule has 0 unspecified atom stereocenters. The van der Waals surface area contributed by atoms with Gasteiger partial charge < -0.3 is 10.1 Å². The minimum atomic E-state index is 0.221. The van der Waals surface area contributed by atoms with E-state index >= 15 is 0 Å². The first-order valence-corrected chi connectivity index (χ1v) is 9.80. The van der Waals surface area contributed by atoms with E-state index in [4.69, 9.17) is 4.74 Å². The van der Waals surface area contributed by atoms with Crippen molar-refractivity contribution in [1.82, 2.24) is 10.2 Å². The molecule has 2 aliphatic heterocycles. The number of aryl methyl sites for hydroxylation is 1. The smallest absolute Gasteiger partial charge is 0.220 e. The summed E-state index contributed by atoms with van der Waals surface area (Å²) in [6.07, 6.45) is 3.20.